The predicted molar refractivity (Wildman–Crippen MR) is 74.4 cm³/mol. The maximum absolute atomic E-state index is 6.02. The Morgan fingerprint density at radius 1 is 1.39 bits per heavy atom. The van der Waals surface area contributed by atoms with Crippen LogP contribution < -0.4 is 4.74 Å². The first kappa shape index (κ1) is 12.7. The van der Waals surface area contributed by atoms with E-state index in [2.05, 4.69) is 6.58 Å². The fraction of sp³-hybridized carbons (Fsp3) is 0.250. The maximum atomic E-state index is 6.02. The minimum absolute atomic E-state index is 0.610. The summed E-state index contributed by atoms with van der Waals surface area (Å²) in [5, 5.41) is 0. The van der Waals surface area contributed by atoms with Crippen LogP contribution in [0.4, 0.5) is 0 Å². The molecule has 2 heteroatoms. The van der Waals surface area contributed by atoms with Crippen LogP contribution in [0.3, 0.4) is 0 Å². The number of hydrogen-bond acceptors (Lipinski definition) is 2. The zero-order valence-corrected chi connectivity index (χ0v) is 10.6. The van der Waals surface area contributed by atoms with Gasteiger partial charge in [-0.05, 0) is 30.7 Å². The Morgan fingerprint density at radius 3 is 2.94 bits per heavy atom. The summed E-state index contributed by atoms with van der Waals surface area (Å²) in [7, 11) is 0. The molecule has 1 unspecified atom stereocenters. The lowest BCUT2D eigenvalue weighted by Crippen LogP contribution is -2.37. The van der Waals surface area contributed by atoms with Crippen molar-refractivity contribution >= 4 is 6.08 Å². The van der Waals surface area contributed by atoms with Gasteiger partial charge in [0.1, 0.15) is 5.75 Å². The molecule has 2 nitrogen and oxygen atoms in total. The van der Waals surface area contributed by atoms with E-state index < -0.39 is 5.79 Å². The normalized spacial score (nSPS) is 21.8. The summed E-state index contributed by atoms with van der Waals surface area (Å²) in [5.74, 6) is 0.115. The number of ether oxygens (including phenoxy) is 2. The molecule has 1 aliphatic carbocycles. The second-order valence-electron chi connectivity index (χ2n) is 4.11. The summed E-state index contributed by atoms with van der Waals surface area (Å²) in [5.41, 5.74) is 1.04. The van der Waals surface area contributed by atoms with Gasteiger partial charge < -0.3 is 9.47 Å². The highest BCUT2D eigenvalue weighted by molar-refractivity contribution is 5.49. The molecule has 2 rings (SSSR count). The van der Waals surface area contributed by atoms with Crippen molar-refractivity contribution in [2.24, 2.45) is 0 Å². The molecule has 0 saturated heterocycles. The summed E-state index contributed by atoms with van der Waals surface area (Å²) in [6, 6.07) is 7.83. The van der Waals surface area contributed by atoms with Crippen LogP contribution in [-0.4, -0.2) is 12.4 Å². The van der Waals surface area contributed by atoms with E-state index in [0.29, 0.717) is 6.61 Å². The van der Waals surface area contributed by atoms with Gasteiger partial charge in [-0.15, -0.1) is 0 Å². The molecule has 1 aliphatic rings. The second-order valence-corrected chi connectivity index (χ2v) is 4.11. The molecule has 1 atom stereocenters. The van der Waals surface area contributed by atoms with E-state index in [1.165, 1.54) is 0 Å². The van der Waals surface area contributed by atoms with E-state index >= 15 is 0 Å². The third kappa shape index (κ3) is 2.90. The van der Waals surface area contributed by atoms with Gasteiger partial charge in [0.25, 0.3) is 0 Å². The zero-order chi connectivity index (χ0) is 12.8. The monoisotopic (exact) mass is 242 g/mol. The molecule has 0 bridgehead atoms. The zero-order valence-electron chi connectivity index (χ0n) is 10.6. The molecular formula is C16H18O2. The molecular weight excluding hydrogens is 224 g/mol. The van der Waals surface area contributed by atoms with Gasteiger partial charge in [-0.3, -0.25) is 0 Å². The van der Waals surface area contributed by atoms with E-state index in [1.54, 1.807) is 6.08 Å². The van der Waals surface area contributed by atoms with Crippen LogP contribution in [0.15, 0.2) is 55.1 Å². The van der Waals surface area contributed by atoms with Gasteiger partial charge >= 0.3 is 0 Å². The van der Waals surface area contributed by atoms with Crippen molar-refractivity contribution in [1.29, 1.82) is 0 Å². The molecule has 1 aromatic rings. The number of benzene rings is 1. The third-order valence-corrected chi connectivity index (χ3v) is 2.77. The molecule has 0 saturated carbocycles. The summed E-state index contributed by atoms with van der Waals surface area (Å²) >= 11 is 0. The molecule has 0 fully saturated rings. The van der Waals surface area contributed by atoms with Crippen molar-refractivity contribution < 1.29 is 9.47 Å². The molecule has 1 aromatic carbocycles. The molecule has 0 amide bonds. The molecule has 0 spiro atoms. The van der Waals surface area contributed by atoms with Gasteiger partial charge in [0, 0.05) is 13.0 Å². The summed E-state index contributed by atoms with van der Waals surface area (Å²) in [6.45, 7) is 6.34. The van der Waals surface area contributed by atoms with Crippen LogP contribution in [0.5, 0.6) is 5.75 Å². The molecule has 0 aliphatic heterocycles. The summed E-state index contributed by atoms with van der Waals surface area (Å²) in [4.78, 5) is 0. The predicted octanol–water partition coefficient (Wildman–Crippen LogP) is 3.96. The average molecular weight is 242 g/mol. The number of hydrogen-bond donors (Lipinski definition) is 0. The van der Waals surface area contributed by atoms with Crippen molar-refractivity contribution in [2.45, 2.75) is 19.1 Å². The van der Waals surface area contributed by atoms with E-state index in [0.717, 1.165) is 17.7 Å². The Labute approximate surface area is 108 Å². The first-order valence-electron chi connectivity index (χ1n) is 6.18. The van der Waals surface area contributed by atoms with Crippen molar-refractivity contribution in [3.8, 4) is 5.75 Å². The van der Waals surface area contributed by atoms with E-state index in [4.69, 9.17) is 9.47 Å². The van der Waals surface area contributed by atoms with Gasteiger partial charge in [-0.1, -0.05) is 43.0 Å². The largest absolute Gasteiger partial charge is 0.458 e. The lowest BCUT2D eigenvalue weighted by molar-refractivity contribution is -0.141. The summed E-state index contributed by atoms with van der Waals surface area (Å²) in [6.07, 6.45) is 10.5. The molecule has 0 N–H and O–H groups in total. The van der Waals surface area contributed by atoms with Crippen molar-refractivity contribution in [3.05, 3.63) is 60.7 Å². The topological polar surface area (TPSA) is 18.5 Å². The van der Waals surface area contributed by atoms with Crippen LogP contribution in [0.1, 0.15) is 18.9 Å². The maximum Gasteiger partial charge on any atom is 0.234 e. The third-order valence-electron chi connectivity index (χ3n) is 2.77. The first-order chi connectivity index (χ1) is 8.78. The highest BCUT2D eigenvalue weighted by Crippen LogP contribution is 2.27. The lowest BCUT2D eigenvalue weighted by Gasteiger charge is -2.31. The highest BCUT2D eigenvalue weighted by atomic mass is 16.7. The molecule has 94 valence electrons. The lowest BCUT2D eigenvalue weighted by atomic mass is 10.1. The van der Waals surface area contributed by atoms with Gasteiger partial charge in [0.2, 0.25) is 5.79 Å². The van der Waals surface area contributed by atoms with E-state index in [9.17, 15) is 0 Å². The minimum atomic E-state index is -0.677. The minimum Gasteiger partial charge on any atom is -0.458 e. The van der Waals surface area contributed by atoms with Crippen molar-refractivity contribution in [1.82, 2.24) is 0 Å². The Kier molecular flexibility index (Phi) is 4.00. The van der Waals surface area contributed by atoms with E-state index in [1.807, 2.05) is 55.5 Å². The van der Waals surface area contributed by atoms with Gasteiger partial charge in [0.15, 0.2) is 0 Å². The summed E-state index contributed by atoms with van der Waals surface area (Å²) < 4.78 is 11.8. The van der Waals surface area contributed by atoms with E-state index in [-0.39, 0.29) is 0 Å². The Balaban J connectivity index is 2.20. The van der Waals surface area contributed by atoms with Crippen LogP contribution in [0.25, 0.3) is 6.08 Å². The second kappa shape index (κ2) is 5.69. The fourth-order valence-corrected chi connectivity index (χ4v) is 1.94. The quantitative estimate of drug-likeness (QED) is 0.728. The SMILES string of the molecule is C=Cc1cccc(OC2(OCC)C=CC=CC2)c1. The smallest absolute Gasteiger partial charge is 0.234 e. The molecule has 0 aromatic heterocycles. The first-order valence-corrected chi connectivity index (χ1v) is 6.18. The highest BCUT2D eigenvalue weighted by Gasteiger charge is 2.29. The molecule has 18 heavy (non-hydrogen) atoms. The van der Waals surface area contributed by atoms with Crippen molar-refractivity contribution in [2.75, 3.05) is 6.61 Å². The Bertz CT molecular complexity index is 474. The Hall–Kier alpha value is -1.80. The van der Waals surface area contributed by atoms with Crippen LogP contribution >= 0.6 is 0 Å². The van der Waals surface area contributed by atoms with Gasteiger partial charge in [-0.2, -0.15) is 0 Å². The van der Waals surface area contributed by atoms with Crippen LogP contribution in [0.2, 0.25) is 0 Å². The number of rotatable bonds is 5. The van der Waals surface area contributed by atoms with Crippen molar-refractivity contribution in [3.63, 3.8) is 0 Å². The standard InChI is InChI=1S/C16H18O2/c1-3-14-9-8-10-15(13-14)18-16(17-4-2)11-6-5-7-12-16/h3,5-11,13H,1,4,12H2,2H3. The van der Waals surface area contributed by atoms with Crippen LogP contribution in [0, 0.1) is 0 Å². The molecule has 0 heterocycles. The Morgan fingerprint density at radius 2 is 2.28 bits per heavy atom. The van der Waals surface area contributed by atoms with Gasteiger partial charge in [0.05, 0.1) is 0 Å². The van der Waals surface area contributed by atoms with Gasteiger partial charge in [-0.25, -0.2) is 0 Å². The van der Waals surface area contributed by atoms with Crippen LogP contribution in [-0.2, 0) is 4.74 Å². The number of allylic oxidation sites excluding steroid dienone is 2. The molecule has 0 radical (unpaired) electrons. The fourth-order valence-electron chi connectivity index (χ4n) is 1.94. The average Bonchev–Trinajstić information content (AvgIpc) is 2.40.